The molecule has 5 nitrogen and oxygen atoms in total. The Morgan fingerprint density at radius 2 is 1.65 bits per heavy atom. The van der Waals surface area contributed by atoms with E-state index in [9.17, 15) is 9.59 Å². The maximum atomic E-state index is 12.9. The molecule has 1 fully saturated rings. The number of hydrogen-bond acceptors (Lipinski definition) is 3. The van der Waals surface area contributed by atoms with E-state index in [1.165, 1.54) is 0 Å². The average Bonchev–Trinajstić information content (AvgIpc) is 3.16. The summed E-state index contributed by atoms with van der Waals surface area (Å²) in [5, 5.41) is 3.60. The fourth-order valence-electron chi connectivity index (χ4n) is 3.61. The van der Waals surface area contributed by atoms with E-state index in [-0.39, 0.29) is 18.2 Å². The van der Waals surface area contributed by atoms with Gasteiger partial charge < -0.3 is 15.0 Å². The van der Waals surface area contributed by atoms with Crippen LogP contribution < -0.4 is 10.1 Å². The van der Waals surface area contributed by atoms with Crippen molar-refractivity contribution in [1.82, 2.24) is 4.90 Å². The normalized spacial score (nSPS) is 15.7. The molecule has 3 aromatic carbocycles. The zero-order valence-electron chi connectivity index (χ0n) is 17.0. The van der Waals surface area contributed by atoms with Crippen molar-refractivity contribution < 1.29 is 14.3 Å². The number of benzene rings is 3. The third-order valence-corrected chi connectivity index (χ3v) is 5.69. The Morgan fingerprint density at radius 1 is 0.968 bits per heavy atom. The molecular formula is C25H23ClN2O3. The number of rotatable bonds is 7. The smallest absolute Gasteiger partial charge is 0.229 e. The molecule has 2 amide bonds. The molecule has 1 atom stereocenters. The molecule has 0 bridgehead atoms. The first-order valence-electron chi connectivity index (χ1n) is 10.2. The van der Waals surface area contributed by atoms with Gasteiger partial charge in [0.05, 0.1) is 5.92 Å². The van der Waals surface area contributed by atoms with Gasteiger partial charge >= 0.3 is 0 Å². The summed E-state index contributed by atoms with van der Waals surface area (Å²) in [6, 6.07) is 24.5. The van der Waals surface area contributed by atoms with E-state index in [0.29, 0.717) is 30.4 Å². The van der Waals surface area contributed by atoms with Gasteiger partial charge in [0.15, 0.2) is 0 Å². The van der Waals surface area contributed by atoms with Gasteiger partial charge in [-0.3, -0.25) is 9.59 Å². The Labute approximate surface area is 186 Å². The monoisotopic (exact) mass is 434 g/mol. The molecule has 0 saturated carbocycles. The van der Waals surface area contributed by atoms with Gasteiger partial charge in [0.1, 0.15) is 12.4 Å². The Bertz CT molecular complexity index is 1070. The second-order valence-electron chi connectivity index (χ2n) is 7.51. The first kappa shape index (κ1) is 20.9. The number of nitrogens with one attached hydrogen (secondary N) is 1. The molecule has 1 unspecified atom stereocenters. The van der Waals surface area contributed by atoms with Crippen molar-refractivity contribution in [3.05, 3.63) is 95.0 Å². The zero-order chi connectivity index (χ0) is 21.6. The van der Waals surface area contributed by atoms with Crippen molar-refractivity contribution in [2.75, 3.05) is 11.9 Å². The van der Waals surface area contributed by atoms with Gasteiger partial charge in [-0.25, -0.2) is 0 Å². The van der Waals surface area contributed by atoms with Gasteiger partial charge in [0.25, 0.3) is 0 Å². The first-order chi connectivity index (χ1) is 15.1. The summed E-state index contributed by atoms with van der Waals surface area (Å²) in [6.45, 7) is 1.12. The lowest BCUT2D eigenvalue weighted by molar-refractivity contribution is -0.128. The number of hydrogen-bond donors (Lipinski definition) is 1. The number of para-hydroxylation sites is 2. The second kappa shape index (κ2) is 9.67. The standard InChI is InChI=1S/C25H23ClN2O3/c26-22-12-6-4-8-18(22)15-28-16-20(14-24(28)29)25(30)27-23-13-7-5-9-19(23)17-31-21-10-2-1-3-11-21/h1-13,20H,14-17H2,(H,27,30). The maximum Gasteiger partial charge on any atom is 0.229 e. The SMILES string of the molecule is O=C(Nc1ccccc1COc1ccccc1)C1CC(=O)N(Cc2ccccc2Cl)C1. The van der Waals surface area contributed by atoms with Crippen LogP contribution >= 0.6 is 11.6 Å². The topological polar surface area (TPSA) is 58.6 Å². The highest BCUT2D eigenvalue weighted by molar-refractivity contribution is 6.31. The Morgan fingerprint density at radius 3 is 2.42 bits per heavy atom. The predicted octanol–water partition coefficient (Wildman–Crippen LogP) is 4.91. The molecule has 1 N–H and O–H groups in total. The van der Waals surface area contributed by atoms with E-state index >= 15 is 0 Å². The van der Waals surface area contributed by atoms with Crippen LogP contribution in [-0.2, 0) is 22.7 Å². The number of likely N-dealkylation sites (tertiary alicyclic amines) is 1. The van der Waals surface area contributed by atoms with Crippen LogP contribution in [0, 0.1) is 5.92 Å². The van der Waals surface area contributed by atoms with E-state index in [1.807, 2.05) is 72.8 Å². The van der Waals surface area contributed by atoms with E-state index < -0.39 is 5.92 Å². The minimum absolute atomic E-state index is 0.0410. The number of carbonyl (C=O) groups excluding carboxylic acids is 2. The lowest BCUT2D eigenvalue weighted by Crippen LogP contribution is -2.28. The highest BCUT2D eigenvalue weighted by atomic mass is 35.5. The minimum atomic E-state index is -0.405. The molecule has 0 radical (unpaired) electrons. The van der Waals surface area contributed by atoms with Crippen molar-refractivity contribution in [3.63, 3.8) is 0 Å². The number of anilines is 1. The predicted molar refractivity (Wildman–Crippen MR) is 121 cm³/mol. The number of nitrogens with zero attached hydrogens (tertiary/aromatic N) is 1. The molecular weight excluding hydrogens is 412 g/mol. The fraction of sp³-hybridized carbons (Fsp3) is 0.200. The number of amides is 2. The van der Waals surface area contributed by atoms with Crippen LogP contribution in [0.15, 0.2) is 78.9 Å². The average molecular weight is 435 g/mol. The minimum Gasteiger partial charge on any atom is -0.489 e. The molecule has 158 valence electrons. The van der Waals surface area contributed by atoms with E-state index in [2.05, 4.69) is 5.32 Å². The molecule has 1 saturated heterocycles. The van der Waals surface area contributed by atoms with Crippen molar-refractivity contribution in [1.29, 1.82) is 0 Å². The highest BCUT2D eigenvalue weighted by Crippen LogP contribution is 2.25. The Hall–Kier alpha value is -3.31. The summed E-state index contributed by atoms with van der Waals surface area (Å²) in [5.41, 5.74) is 2.44. The van der Waals surface area contributed by atoms with Gasteiger partial charge in [0.2, 0.25) is 11.8 Å². The summed E-state index contributed by atoms with van der Waals surface area (Å²) in [6.07, 6.45) is 0.193. The largest absolute Gasteiger partial charge is 0.489 e. The molecule has 0 aromatic heterocycles. The maximum absolute atomic E-state index is 12.9. The van der Waals surface area contributed by atoms with Crippen LogP contribution in [0.4, 0.5) is 5.69 Å². The van der Waals surface area contributed by atoms with Crippen molar-refractivity contribution in [3.8, 4) is 5.75 Å². The van der Waals surface area contributed by atoms with Gasteiger partial charge in [-0.2, -0.15) is 0 Å². The molecule has 1 aliphatic rings. The van der Waals surface area contributed by atoms with Crippen molar-refractivity contribution in [2.45, 2.75) is 19.6 Å². The molecule has 31 heavy (non-hydrogen) atoms. The van der Waals surface area contributed by atoms with Crippen LogP contribution in [0.25, 0.3) is 0 Å². The van der Waals surface area contributed by atoms with Crippen LogP contribution in [-0.4, -0.2) is 23.3 Å². The van der Waals surface area contributed by atoms with Crippen LogP contribution in [0.2, 0.25) is 5.02 Å². The van der Waals surface area contributed by atoms with Gasteiger partial charge in [-0.15, -0.1) is 0 Å². The van der Waals surface area contributed by atoms with Crippen LogP contribution in [0.1, 0.15) is 17.5 Å². The highest BCUT2D eigenvalue weighted by Gasteiger charge is 2.34. The Kier molecular flexibility index (Phi) is 6.53. The lowest BCUT2D eigenvalue weighted by Gasteiger charge is -2.18. The summed E-state index contributed by atoms with van der Waals surface area (Å²) < 4.78 is 5.83. The zero-order valence-corrected chi connectivity index (χ0v) is 17.7. The molecule has 0 aliphatic carbocycles. The molecule has 4 rings (SSSR count). The molecule has 1 aliphatic heterocycles. The number of halogens is 1. The molecule has 6 heteroatoms. The molecule has 3 aromatic rings. The van der Waals surface area contributed by atoms with Crippen LogP contribution in [0.5, 0.6) is 5.75 Å². The molecule has 1 heterocycles. The number of ether oxygens (including phenoxy) is 1. The summed E-state index contributed by atoms with van der Waals surface area (Å²) in [7, 11) is 0. The second-order valence-corrected chi connectivity index (χ2v) is 7.92. The summed E-state index contributed by atoms with van der Waals surface area (Å²) >= 11 is 6.22. The molecule has 0 spiro atoms. The van der Waals surface area contributed by atoms with Crippen LogP contribution in [0.3, 0.4) is 0 Å². The fourth-order valence-corrected chi connectivity index (χ4v) is 3.81. The lowest BCUT2D eigenvalue weighted by atomic mass is 10.1. The quantitative estimate of drug-likeness (QED) is 0.575. The number of carbonyl (C=O) groups is 2. The van der Waals surface area contributed by atoms with Gasteiger partial charge in [0, 0.05) is 35.8 Å². The van der Waals surface area contributed by atoms with E-state index in [4.69, 9.17) is 16.3 Å². The first-order valence-corrected chi connectivity index (χ1v) is 10.6. The van der Waals surface area contributed by atoms with E-state index in [1.54, 1.807) is 11.0 Å². The van der Waals surface area contributed by atoms with Crippen molar-refractivity contribution in [2.24, 2.45) is 5.92 Å². The van der Waals surface area contributed by atoms with Gasteiger partial charge in [-0.1, -0.05) is 66.2 Å². The van der Waals surface area contributed by atoms with Crippen molar-refractivity contribution >= 4 is 29.1 Å². The van der Waals surface area contributed by atoms with Gasteiger partial charge in [-0.05, 0) is 29.8 Å². The third-order valence-electron chi connectivity index (χ3n) is 5.32. The third kappa shape index (κ3) is 5.25. The summed E-state index contributed by atoms with van der Waals surface area (Å²) in [4.78, 5) is 27.1. The van der Waals surface area contributed by atoms with E-state index in [0.717, 1.165) is 16.9 Å². The Balaban J connectivity index is 1.38. The summed E-state index contributed by atoms with van der Waals surface area (Å²) in [5.74, 6) is 0.154.